The largest absolute Gasteiger partial charge is 0.505 e. The number of aryl methyl sites for hydroxylation is 1. The first-order valence-electron chi connectivity index (χ1n) is 6.04. The number of anilines is 1. The first kappa shape index (κ1) is 16.1. The van der Waals surface area contributed by atoms with Gasteiger partial charge in [-0.1, -0.05) is 35.3 Å². The van der Waals surface area contributed by atoms with Gasteiger partial charge in [-0.2, -0.15) is 0 Å². The van der Waals surface area contributed by atoms with Gasteiger partial charge in [0.1, 0.15) is 5.56 Å². The second-order valence-electron chi connectivity index (χ2n) is 4.47. The third-order valence-corrected chi connectivity index (χ3v) is 3.52. The Hall–Kier alpha value is -2.31. The van der Waals surface area contributed by atoms with Gasteiger partial charge >= 0.3 is 0 Å². The number of hydrogen-bond acceptors (Lipinski definition) is 4. The van der Waals surface area contributed by atoms with Crippen LogP contribution in [0.3, 0.4) is 0 Å². The number of nitro groups is 1. The highest BCUT2D eigenvalue weighted by atomic mass is 35.5. The fourth-order valence-electron chi connectivity index (χ4n) is 1.92. The van der Waals surface area contributed by atoms with Gasteiger partial charge in [-0.15, -0.1) is 0 Å². The summed E-state index contributed by atoms with van der Waals surface area (Å²) < 4.78 is 0. The zero-order valence-electron chi connectivity index (χ0n) is 11.3. The molecule has 0 spiro atoms. The Morgan fingerprint density at radius 3 is 2.41 bits per heavy atom. The predicted octanol–water partition coefficient (Wildman–Crippen LogP) is 4.17. The highest BCUT2D eigenvalue weighted by Crippen LogP contribution is 2.35. The van der Waals surface area contributed by atoms with Crippen LogP contribution >= 0.6 is 23.2 Å². The van der Waals surface area contributed by atoms with Crippen LogP contribution in [0, 0.1) is 17.0 Å². The summed E-state index contributed by atoms with van der Waals surface area (Å²) in [5.74, 6) is -0.976. The van der Waals surface area contributed by atoms with Crippen LogP contribution < -0.4 is 5.32 Å². The molecule has 2 aromatic carbocycles. The van der Waals surface area contributed by atoms with Crippen molar-refractivity contribution in [1.29, 1.82) is 0 Å². The molecule has 2 rings (SSSR count). The number of hydrogen-bond donors (Lipinski definition) is 2. The van der Waals surface area contributed by atoms with E-state index in [1.165, 1.54) is 18.2 Å². The van der Waals surface area contributed by atoms with Gasteiger partial charge in [0.15, 0.2) is 5.75 Å². The summed E-state index contributed by atoms with van der Waals surface area (Å²) in [7, 11) is 0. The van der Waals surface area contributed by atoms with Crippen molar-refractivity contribution < 1.29 is 14.8 Å². The average Bonchev–Trinajstić information content (AvgIpc) is 2.43. The number of para-hydroxylation sites is 1. The van der Waals surface area contributed by atoms with Crippen molar-refractivity contribution in [3.05, 3.63) is 61.6 Å². The molecule has 8 heteroatoms. The molecule has 0 aromatic heterocycles. The Bertz CT molecular complexity index is 754. The minimum Gasteiger partial charge on any atom is -0.505 e. The summed E-state index contributed by atoms with van der Waals surface area (Å²) >= 11 is 11.5. The molecule has 0 radical (unpaired) electrons. The molecule has 1 amide bonds. The van der Waals surface area contributed by atoms with E-state index in [2.05, 4.69) is 5.32 Å². The summed E-state index contributed by atoms with van der Waals surface area (Å²) in [6.07, 6.45) is 0. The molecule has 0 heterocycles. The maximum absolute atomic E-state index is 12.2. The SMILES string of the molecule is Cc1cccc(C(=O)Nc2cc(Cl)c(O)c(Cl)c2)c1[N+](=O)[O-]. The first-order valence-corrected chi connectivity index (χ1v) is 6.80. The van der Waals surface area contributed by atoms with Crippen LogP contribution in [0.2, 0.25) is 10.0 Å². The van der Waals surface area contributed by atoms with E-state index in [1.807, 2.05) is 0 Å². The second-order valence-corrected chi connectivity index (χ2v) is 5.29. The molecule has 114 valence electrons. The number of nitrogens with zero attached hydrogens (tertiary/aromatic N) is 1. The van der Waals surface area contributed by atoms with E-state index >= 15 is 0 Å². The van der Waals surface area contributed by atoms with Gasteiger partial charge < -0.3 is 10.4 Å². The molecule has 0 aliphatic rings. The molecular formula is C14H10Cl2N2O4. The van der Waals surface area contributed by atoms with Crippen molar-refractivity contribution in [1.82, 2.24) is 0 Å². The lowest BCUT2D eigenvalue weighted by Gasteiger charge is -2.09. The molecule has 0 unspecified atom stereocenters. The van der Waals surface area contributed by atoms with E-state index in [4.69, 9.17) is 23.2 Å². The summed E-state index contributed by atoms with van der Waals surface area (Å²) in [5.41, 5.74) is 0.245. The fourth-order valence-corrected chi connectivity index (χ4v) is 2.41. The maximum atomic E-state index is 12.2. The molecule has 0 saturated carbocycles. The maximum Gasteiger partial charge on any atom is 0.285 e. The Labute approximate surface area is 135 Å². The van der Waals surface area contributed by atoms with Gasteiger partial charge in [-0.3, -0.25) is 14.9 Å². The third-order valence-electron chi connectivity index (χ3n) is 2.94. The van der Waals surface area contributed by atoms with Crippen molar-refractivity contribution in [2.75, 3.05) is 5.32 Å². The highest BCUT2D eigenvalue weighted by Gasteiger charge is 2.22. The summed E-state index contributed by atoms with van der Waals surface area (Å²) in [5, 5.41) is 23.0. The van der Waals surface area contributed by atoms with Crippen molar-refractivity contribution in [2.45, 2.75) is 6.92 Å². The van der Waals surface area contributed by atoms with E-state index < -0.39 is 10.8 Å². The molecule has 6 nitrogen and oxygen atoms in total. The third kappa shape index (κ3) is 3.13. The number of rotatable bonds is 3. The molecule has 2 aromatic rings. The summed E-state index contributed by atoms with van der Waals surface area (Å²) in [4.78, 5) is 22.7. The van der Waals surface area contributed by atoms with Crippen LogP contribution in [-0.4, -0.2) is 15.9 Å². The van der Waals surface area contributed by atoms with Gasteiger partial charge in [-0.25, -0.2) is 0 Å². The molecule has 0 saturated heterocycles. The molecule has 0 fully saturated rings. The van der Waals surface area contributed by atoms with Gasteiger partial charge in [-0.05, 0) is 25.1 Å². The number of phenolic OH excluding ortho intramolecular Hbond substituents is 1. The van der Waals surface area contributed by atoms with Gasteiger partial charge in [0, 0.05) is 11.3 Å². The Balaban J connectivity index is 2.39. The molecule has 0 atom stereocenters. The van der Waals surface area contributed by atoms with E-state index in [-0.39, 0.29) is 32.7 Å². The minimum absolute atomic E-state index is 0.0402. The summed E-state index contributed by atoms with van der Waals surface area (Å²) in [6.45, 7) is 1.54. The summed E-state index contributed by atoms with van der Waals surface area (Å²) in [6, 6.07) is 7.03. The number of phenols is 1. The van der Waals surface area contributed by atoms with Crippen molar-refractivity contribution in [3.63, 3.8) is 0 Å². The number of carbonyl (C=O) groups is 1. The standard InChI is InChI=1S/C14H10Cl2N2O4/c1-7-3-2-4-9(12(7)18(21)22)14(20)17-8-5-10(15)13(19)11(16)6-8/h2-6,19H,1H3,(H,17,20). The van der Waals surface area contributed by atoms with E-state index in [0.29, 0.717) is 5.56 Å². The predicted molar refractivity (Wildman–Crippen MR) is 83.9 cm³/mol. The quantitative estimate of drug-likeness (QED) is 0.498. The zero-order chi connectivity index (χ0) is 16.4. The van der Waals surface area contributed by atoms with Crippen LogP contribution in [-0.2, 0) is 0 Å². The smallest absolute Gasteiger partial charge is 0.285 e. The van der Waals surface area contributed by atoms with Crippen LogP contribution in [0.15, 0.2) is 30.3 Å². The van der Waals surface area contributed by atoms with Crippen LogP contribution in [0.25, 0.3) is 0 Å². The van der Waals surface area contributed by atoms with Crippen molar-refractivity contribution in [3.8, 4) is 5.75 Å². The Morgan fingerprint density at radius 1 is 1.27 bits per heavy atom. The van der Waals surface area contributed by atoms with Gasteiger partial charge in [0.2, 0.25) is 0 Å². The number of benzene rings is 2. The average molecular weight is 341 g/mol. The number of carbonyl (C=O) groups excluding carboxylic acids is 1. The Morgan fingerprint density at radius 2 is 1.86 bits per heavy atom. The molecule has 0 aliphatic heterocycles. The normalized spacial score (nSPS) is 10.3. The molecular weight excluding hydrogens is 331 g/mol. The number of amides is 1. The lowest BCUT2D eigenvalue weighted by atomic mass is 10.1. The molecule has 22 heavy (non-hydrogen) atoms. The number of aromatic hydroxyl groups is 1. The van der Waals surface area contributed by atoms with Gasteiger partial charge in [0.25, 0.3) is 11.6 Å². The Kier molecular flexibility index (Phi) is 4.54. The van der Waals surface area contributed by atoms with Crippen LogP contribution in [0.1, 0.15) is 15.9 Å². The number of nitrogens with one attached hydrogen (secondary N) is 1. The van der Waals surface area contributed by atoms with Crippen LogP contribution in [0.5, 0.6) is 5.75 Å². The zero-order valence-corrected chi connectivity index (χ0v) is 12.8. The topological polar surface area (TPSA) is 92.5 Å². The van der Waals surface area contributed by atoms with Gasteiger partial charge in [0.05, 0.1) is 15.0 Å². The van der Waals surface area contributed by atoms with E-state index in [1.54, 1.807) is 19.1 Å². The highest BCUT2D eigenvalue weighted by molar-refractivity contribution is 6.37. The van der Waals surface area contributed by atoms with E-state index in [0.717, 1.165) is 0 Å². The van der Waals surface area contributed by atoms with Crippen molar-refractivity contribution in [2.24, 2.45) is 0 Å². The van der Waals surface area contributed by atoms with Crippen molar-refractivity contribution >= 4 is 40.5 Å². The number of nitro benzene ring substituents is 1. The lowest BCUT2D eigenvalue weighted by Crippen LogP contribution is -2.14. The second kappa shape index (κ2) is 6.21. The lowest BCUT2D eigenvalue weighted by molar-refractivity contribution is -0.385. The molecule has 0 bridgehead atoms. The number of halogens is 2. The molecule has 0 aliphatic carbocycles. The first-order chi connectivity index (χ1) is 10.3. The molecule has 2 N–H and O–H groups in total. The van der Waals surface area contributed by atoms with Crippen LogP contribution in [0.4, 0.5) is 11.4 Å². The fraction of sp³-hybridized carbons (Fsp3) is 0.0714. The monoisotopic (exact) mass is 340 g/mol. The minimum atomic E-state index is -0.673. The van der Waals surface area contributed by atoms with E-state index in [9.17, 15) is 20.0 Å².